The molecule has 0 radical (unpaired) electrons. The van der Waals surface area contributed by atoms with E-state index in [1.54, 1.807) is 0 Å². The summed E-state index contributed by atoms with van der Waals surface area (Å²) in [5.74, 6) is 3.13. The summed E-state index contributed by atoms with van der Waals surface area (Å²) >= 11 is 0. The molecule has 3 rings (SSSR count). The first-order chi connectivity index (χ1) is 12.1. The molecule has 1 aliphatic heterocycles. The Morgan fingerprint density at radius 3 is 2.85 bits per heavy atom. The molecule has 1 atom stereocenters. The van der Waals surface area contributed by atoms with Crippen LogP contribution in [0.15, 0.2) is 30.0 Å². The van der Waals surface area contributed by atoms with Gasteiger partial charge in [-0.1, -0.05) is 6.08 Å². The molecule has 3 heterocycles. The first kappa shape index (κ1) is 20.4. The molecule has 1 aliphatic rings. The van der Waals surface area contributed by atoms with Crippen LogP contribution in [-0.2, 0) is 20.6 Å². The third-order valence-electron chi connectivity index (χ3n) is 4.64. The molecule has 8 nitrogen and oxygen atoms in total. The molecule has 2 aromatic heterocycles. The summed E-state index contributed by atoms with van der Waals surface area (Å²) < 4.78 is 3.83. The third-order valence-corrected chi connectivity index (χ3v) is 4.64. The van der Waals surface area contributed by atoms with Crippen molar-refractivity contribution in [2.75, 3.05) is 19.6 Å². The van der Waals surface area contributed by atoms with Crippen LogP contribution in [0.25, 0.3) is 0 Å². The van der Waals surface area contributed by atoms with Gasteiger partial charge in [0.1, 0.15) is 12.4 Å². The van der Waals surface area contributed by atoms with Crippen LogP contribution in [0.3, 0.4) is 0 Å². The lowest BCUT2D eigenvalue weighted by Gasteiger charge is -2.21. The summed E-state index contributed by atoms with van der Waals surface area (Å²) in [7, 11) is 3.92. The van der Waals surface area contributed by atoms with E-state index in [-0.39, 0.29) is 24.0 Å². The lowest BCUT2D eigenvalue weighted by molar-refractivity contribution is 0.487. The Morgan fingerprint density at radius 1 is 1.42 bits per heavy atom. The molecular formula is C17H27IN8. The molecule has 1 saturated heterocycles. The van der Waals surface area contributed by atoms with Crippen LogP contribution in [0, 0.1) is 6.92 Å². The number of rotatable bonds is 5. The van der Waals surface area contributed by atoms with E-state index >= 15 is 0 Å². The highest BCUT2D eigenvalue weighted by atomic mass is 127. The van der Waals surface area contributed by atoms with Crippen molar-refractivity contribution < 1.29 is 0 Å². The summed E-state index contributed by atoms with van der Waals surface area (Å²) in [5, 5.41) is 15.9. The number of hydrogen-bond donors (Lipinski definition) is 1. The van der Waals surface area contributed by atoms with E-state index in [2.05, 4.69) is 38.3 Å². The molecule has 0 spiro atoms. The maximum atomic E-state index is 4.76. The zero-order valence-electron chi connectivity index (χ0n) is 15.6. The minimum atomic E-state index is 0. The zero-order chi connectivity index (χ0) is 17.8. The Labute approximate surface area is 171 Å². The van der Waals surface area contributed by atoms with Crippen molar-refractivity contribution in [1.82, 2.24) is 34.8 Å². The van der Waals surface area contributed by atoms with Crippen LogP contribution in [0.5, 0.6) is 0 Å². The van der Waals surface area contributed by atoms with Gasteiger partial charge in [-0.25, -0.2) is 4.99 Å². The highest BCUT2D eigenvalue weighted by molar-refractivity contribution is 14.0. The first-order valence-corrected chi connectivity index (χ1v) is 8.56. The van der Waals surface area contributed by atoms with Crippen molar-refractivity contribution >= 4 is 29.9 Å². The average Bonchev–Trinajstić information content (AvgIpc) is 3.31. The normalized spacial score (nSPS) is 17.3. The van der Waals surface area contributed by atoms with E-state index in [1.807, 2.05) is 42.5 Å². The fraction of sp³-hybridized carbons (Fsp3) is 0.529. The minimum absolute atomic E-state index is 0. The molecule has 2 aromatic rings. The van der Waals surface area contributed by atoms with Crippen LogP contribution < -0.4 is 5.32 Å². The summed E-state index contributed by atoms with van der Waals surface area (Å²) in [6, 6.07) is 0. The topological polar surface area (TPSA) is 76.2 Å². The number of halogens is 1. The largest absolute Gasteiger partial charge is 0.353 e. The highest BCUT2D eigenvalue weighted by Gasteiger charge is 2.27. The lowest BCUT2D eigenvalue weighted by Crippen LogP contribution is -2.40. The maximum absolute atomic E-state index is 4.76. The van der Waals surface area contributed by atoms with Gasteiger partial charge in [-0.05, 0) is 18.9 Å². The van der Waals surface area contributed by atoms with Gasteiger partial charge in [0.2, 0.25) is 0 Å². The predicted molar refractivity (Wildman–Crippen MR) is 113 cm³/mol. The molecule has 1 N–H and O–H groups in total. The van der Waals surface area contributed by atoms with Gasteiger partial charge in [0.25, 0.3) is 0 Å². The van der Waals surface area contributed by atoms with Gasteiger partial charge in [0, 0.05) is 45.8 Å². The molecule has 26 heavy (non-hydrogen) atoms. The van der Waals surface area contributed by atoms with Crippen LogP contribution in [0.2, 0.25) is 0 Å². The number of aliphatic imine (C=N–C) groups is 1. The fourth-order valence-electron chi connectivity index (χ4n) is 3.04. The molecule has 1 unspecified atom stereocenters. The average molecular weight is 470 g/mol. The minimum Gasteiger partial charge on any atom is -0.353 e. The van der Waals surface area contributed by atoms with E-state index in [9.17, 15) is 0 Å². The van der Waals surface area contributed by atoms with Crippen molar-refractivity contribution in [3.05, 3.63) is 42.3 Å². The molecule has 0 bridgehead atoms. The maximum Gasteiger partial charge on any atom is 0.194 e. The quantitative estimate of drug-likeness (QED) is 0.311. The lowest BCUT2D eigenvalue weighted by atomic mass is 10.0. The van der Waals surface area contributed by atoms with Crippen molar-refractivity contribution in [2.45, 2.75) is 25.8 Å². The molecule has 0 saturated carbocycles. The Hall–Kier alpha value is -1.91. The molecule has 0 aliphatic carbocycles. The van der Waals surface area contributed by atoms with Gasteiger partial charge >= 0.3 is 0 Å². The molecule has 142 valence electrons. The number of guanidine groups is 1. The second-order valence-electron chi connectivity index (χ2n) is 6.41. The van der Waals surface area contributed by atoms with Gasteiger partial charge in [0.15, 0.2) is 11.8 Å². The van der Waals surface area contributed by atoms with E-state index in [1.165, 1.54) is 5.56 Å². The van der Waals surface area contributed by atoms with Crippen molar-refractivity contribution in [3.63, 3.8) is 0 Å². The van der Waals surface area contributed by atoms with Crippen LogP contribution >= 0.6 is 24.0 Å². The number of hydrogen-bond acceptors (Lipinski definition) is 4. The van der Waals surface area contributed by atoms with Crippen LogP contribution in [0.4, 0.5) is 0 Å². The number of aromatic nitrogens is 5. The second kappa shape index (κ2) is 9.15. The standard InChI is InChI=1S/C17H26N8.HI/c1-5-7-18-17(19-10-16-22-21-13(2)24(16)4)25-8-6-14(12-25)15-9-20-23(3)11-15;/h5,9,11,14H,1,6-8,10,12H2,2-4H3,(H,18,19);1H. The van der Waals surface area contributed by atoms with Crippen LogP contribution in [-0.4, -0.2) is 55.0 Å². The van der Waals surface area contributed by atoms with Crippen molar-refractivity contribution in [1.29, 1.82) is 0 Å². The summed E-state index contributed by atoms with van der Waals surface area (Å²) in [5.41, 5.74) is 1.29. The van der Waals surface area contributed by atoms with Gasteiger partial charge < -0.3 is 14.8 Å². The Kier molecular flexibility index (Phi) is 7.18. The third kappa shape index (κ3) is 4.63. The first-order valence-electron chi connectivity index (χ1n) is 8.56. The second-order valence-corrected chi connectivity index (χ2v) is 6.41. The van der Waals surface area contributed by atoms with Gasteiger partial charge in [0.05, 0.1) is 6.20 Å². The van der Waals surface area contributed by atoms with E-state index in [0.29, 0.717) is 19.0 Å². The van der Waals surface area contributed by atoms with E-state index < -0.39 is 0 Å². The molecule has 0 aromatic carbocycles. The van der Waals surface area contributed by atoms with Crippen molar-refractivity contribution in [3.8, 4) is 0 Å². The summed E-state index contributed by atoms with van der Waals surface area (Å²) in [6.45, 7) is 8.83. The molecule has 0 amide bonds. The number of nitrogens with one attached hydrogen (secondary N) is 1. The van der Waals surface area contributed by atoms with E-state index in [4.69, 9.17) is 4.99 Å². The molecule has 9 heteroatoms. The zero-order valence-corrected chi connectivity index (χ0v) is 17.9. The summed E-state index contributed by atoms with van der Waals surface area (Å²) in [4.78, 5) is 7.06. The summed E-state index contributed by atoms with van der Waals surface area (Å²) in [6.07, 6.45) is 7.01. The van der Waals surface area contributed by atoms with Crippen molar-refractivity contribution in [2.24, 2.45) is 19.1 Å². The number of nitrogens with zero attached hydrogens (tertiary/aromatic N) is 7. The SMILES string of the molecule is C=CCNC(=NCc1nnc(C)n1C)N1CCC(c2cnn(C)c2)C1.I. The van der Waals surface area contributed by atoms with Gasteiger partial charge in [-0.3, -0.25) is 4.68 Å². The Balaban J connectivity index is 0.00000243. The molecule has 1 fully saturated rings. The Bertz CT molecular complexity index is 763. The Morgan fingerprint density at radius 2 is 2.23 bits per heavy atom. The fourth-order valence-corrected chi connectivity index (χ4v) is 3.04. The van der Waals surface area contributed by atoms with Gasteiger partial charge in [-0.2, -0.15) is 5.10 Å². The molecular weight excluding hydrogens is 443 g/mol. The smallest absolute Gasteiger partial charge is 0.194 e. The number of aryl methyl sites for hydroxylation is 2. The predicted octanol–water partition coefficient (Wildman–Crippen LogP) is 1.60. The monoisotopic (exact) mass is 470 g/mol. The number of likely N-dealkylation sites (tertiary alicyclic amines) is 1. The van der Waals surface area contributed by atoms with E-state index in [0.717, 1.165) is 37.1 Å². The van der Waals surface area contributed by atoms with Gasteiger partial charge in [-0.15, -0.1) is 40.8 Å². The van der Waals surface area contributed by atoms with Crippen LogP contribution in [0.1, 0.15) is 29.6 Å². The highest BCUT2D eigenvalue weighted by Crippen LogP contribution is 2.26.